The van der Waals surface area contributed by atoms with Gasteiger partial charge in [0.15, 0.2) is 0 Å². The SMILES string of the molecule is CC1CCCC(Nc2ccc(C(F)(F)F)cc2)(C(=O)O)C1. The van der Waals surface area contributed by atoms with Crippen molar-refractivity contribution < 1.29 is 23.1 Å². The van der Waals surface area contributed by atoms with Crippen LogP contribution in [-0.4, -0.2) is 16.6 Å². The van der Waals surface area contributed by atoms with Crippen LogP contribution in [0.25, 0.3) is 0 Å². The zero-order chi connectivity index (χ0) is 15.7. The number of rotatable bonds is 3. The van der Waals surface area contributed by atoms with Gasteiger partial charge in [-0.3, -0.25) is 0 Å². The van der Waals surface area contributed by atoms with Crippen LogP contribution >= 0.6 is 0 Å². The Kier molecular flexibility index (Phi) is 4.16. The third-order valence-electron chi connectivity index (χ3n) is 4.00. The van der Waals surface area contributed by atoms with Crippen molar-refractivity contribution in [1.29, 1.82) is 0 Å². The Labute approximate surface area is 121 Å². The van der Waals surface area contributed by atoms with E-state index in [9.17, 15) is 23.1 Å². The number of hydrogen-bond acceptors (Lipinski definition) is 2. The van der Waals surface area contributed by atoms with E-state index < -0.39 is 23.2 Å². The van der Waals surface area contributed by atoms with Crippen molar-refractivity contribution in [2.45, 2.75) is 44.3 Å². The van der Waals surface area contributed by atoms with Gasteiger partial charge in [-0.1, -0.05) is 19.8 Å². The van der Waals surface area contributed by atoms with Gasteiger partial charge in [-0.2, -0.15) is 13.2 Å². The number of aliphatic carboxylic acids is 1. The normalized spacial score (nSPS) is 26.4. The van der Waals surface area contributed by atoms with Crippen molar-refractivity contribution in [3.05, 3.63) is 29.8 Å². The molecule has 1 aliphatic carbocycles. The topological polar surface area (TPSA) is 49.3 Å². The quantitative estimate of drug-likeness (QED) is 0.881. The lowest BCUT2D eigenvalue weighted by Gasteiger charge is -2.37. The second-order valence-electron chi connectivity index (χ2n) is 5.79. The molecule has 6 heteroatoms. The minimum Gasteiger partial charge on any atom is -0.480 e. The minimum absolute atomic E-state index is 0.275. The summed E-state index contributed by atoms with van der Waals surface area (Å²) in [5, 5.41) is 12.4. The van der Waals surface area contributed by atoms with Gasteiger partial charge >= 0.3 is 12.1 Å². The molecule has 0 radical (unpaired) electrons. The molecule has 2 rings (SSSR count). The fourth-order valence-corrected chi connectivity index (χ4v) is 2.93. The smallest absolute Gasteiger partial charge is 0.416 e. The summed E-state index contributed by atoms with van der Waals surface area (Å²) >= 11 is 0. The minimum atomic E-state index is -4.39. The third kappa shape index (κ3) is 3.49. The summed E-state index contributed by atoms with van der Waals surface area (Å²) in [6.45, 7) is 1.99. The molecule has 0 bridgehead atoms. The molecule has 0 aromatic heterocycles. The lowest BCUT2D eigenvalue weighted by Crippen LogP contribution is -2.49. The number of benzene rings is 1. The average molecular weight is 301 g/mol. The van der Waals surface area contributed by atoms with Crippen LogP contribution in [0, 0.1) is 5.92 Å². The zero-order valence-corrected chi connectivity index (χ0v) is 11.7. The Morgan fingerprint density at radius 3 is 2.43 bits per heavy atom. The molecular formula is C15H18F3NO2. The van der Waals surface area contributed by atoms with Gasteiger partial charge in [-0.25, -0.2) is 4.79 Å². The van der Waals surface area contributed by atoms with E-state index in [0.717, 1.165) is 25.0 Å². The molecule has 1 aliphatic rings. The lowest BCUT2D eigenvalue weighted by atomic mass is 9.76. The Morgan fingerprint density at radius 2 is 1.95 bits per heavy atom. The molecule has 1 aromatic carbocycles. The molecule has 0 saturated heterocycles. The number of carbonyl (C=O) groups is 1. The summed E-state index contributed by atoms with van der Waals surface area (Å²) in [7, 11) is 0. The summed E-state index contributed by atoms with van der Waals surface area (Å²) in [6.07, 6.45) is -1.66. The maximum atomic E-state index is 12.5. The largest absolute Gasteiger partial charge is 0.480 e. The van der Waals surface area contributed by atoms with Gasteiger partial charge < -0.3 is 10.4 Å². The van der Waals surface area contributed by atoms with Crippen LogP contribution in [0.5, 0.6) is 0 Å². The van der Waals surface area contributed by atoms with Crippen LogP contribution in [0.3, 0.4) is 0 Å². The van der Waals surface area contributed by atoms with Crippen LogP contribution in [-0.2, 0) is 11.0 Å². The number of hydrogen-bond donors (Lipinski definition) is 2. The van der Waals surface area contributed by atoms with Crippen LogP contribution in [0.15, 0.2) is 24.3 Å². The summed E-state index contributed by atoms with van der Waals surface area (Å²) in [4.78, 5) is 11.6. The third-order valence-corrected chi connectivity index (χ3v) is 4.00. The molecule has 1 fully saturated rings. The molecule has 2 N–H and O–H groups in total. The Bertz CT molecular complexity index is 513. The molecule has 2 unspecified atom stereocenters. The molecule has 0 amide bonds. The predicted octanol–water partition coefficient (Wildman–Crippen LogP) is 4.15. The Hall–Kier alpha value is -1.72. The standard InChI is InChI=1S/C15H18F3NO2/c1-10-3-2-8-14(9-10,13(20)21)19-12-6-4-11(5-7-12)15(16,17)18/h4-7,10,19H,2-3,8-9H2,1H3,(H,20,21). The van der Waals surface area contributed by atoms with E-state index in [1.165, 1.54) is 12.1 Å². The fraction of sp³-hybridized carbons (Fsp3) is 0.533. The molecule has 2 atom stereocenters. The molecule has 0 spiro atoms. The Morgan fingerprint density at radius 1 is 1.33 bits per heavy atom. The number of carboxylic acids is 1. The summed E-state index contributed by atoms with van der Waals surface area (Å²) in [5.74, 6) is -0.675. The lowest BCUT2D eigenvalue weighted by molar-refractivity contribution is -0.144. The molecule has 0 aliphatic heterocycles. The van der Waals surface area contributed by atoms with Gasteiger partial charge in [0.1, 0.15) is 5.54 Å². The maximum Gasteiger partial charge on any atom is 0.416 e. The Balaban J connectivity index is 2.20. The van der Waals surface area contributed by atoms with Gasteiger partial charge in [-0.15, -0.1) is 0 Å². The predicted molar refractivity (Wildman–Crippen MR) is 73.1 cm³/mol. The molecule has 0 heterocycles. The number of alkyl halides is 3. The van der Waals surface area contributed by atoms with E-state index in [-0.39, 0.29) is 5.92 Å². The zero-order valence-electron chi connectivity index (χ0n) is 11.7. The van der Waals surface area contributed by atoms with Crippen molar-refractivity contribution in [1.82, 2.24) is 0 Å². The van der Waals surface area contributed by atoms with E-state index in [0.29, 0.717) is 18.5 Å². The number of anilines is 1. The summed E-state index contributed by atoms with van der Waals surface area (Å²) < 4.78 is 37.6. The van der Waals surface area contributed by atoms with Crippen molar-refractivity contribution in [2.24, 2.45) is 5.92 Å². The highest BCUT2D eigenvalue weighted by Crippen LogP contribution is 2.36. The first-order valence-electron chi connectivity index (χ1n) is 6.92. The molecule has 1 saturated carbocycles. The second-order valence-corrected chi connectivity index (χ2v) is 5.79. The van der Waals surface area contributed by atoms with Gasteiger partial charge in [0.2, 0.25) is 0 Å². The highest BCUT2D eigenvalue weighted by molar-refractivity contribution is 5.83. The second kappa shape index (κ2) is 5.58. The summed E-state index contributed by atoms with van der Waals surface area (Å²) in [5.41, 5.74) is -1.42. The first-order valence-corrected chi connectivity index (χ1v) is 6.92. The van der Waals surface area contributed by atoms with Gasteiger partial charge in [0, 0.05) is 5.69 Å². The molecule has 3 nitrogen and oxygen atoms in total. The van der Waals surface area contributed by atoms with Crippen molar-refractivity contribution >= 4 is 11.7 Å². The van der Waals surface area contributed by atoms with E-state index in [1.54, 1.807) is 0 Å². The molecule has 116 valence electrons. The highest BCUT2D eigenvalue weighted by atomic mass is 19.4. The average Bonchev–Trinajstić information content (AvgIpc) is 2.38. The van der Waals surface area contributed by atoms with E-state index >= 15 is 0 Å². The number of halogens is 3. The van der Waals surface area contributed by atoms with Crippen molar-refractivity contribution in [2.75, 3.05) is 5.32 Å². The number of carboxylic acid groups (broad SMARTS) is 1. The van der Waals surface area contributed by atoms with Crippen LogP contribution in [0.1, 0.15) is 38.2 Å². The van der Waals surface area contributed by atoms with Crippen molar-refractivity contribution in [3.63, 3.8) is 0 Å². The first kappa shape index (κ1) is 15.7. The van der Waals surface area contributed by atoms with Crippen molar-refractivity contribution in [3.8, 4) is 0 Å². The van der Waals surface area contributed by atoms with Crippen LogP contribution in [0.4, 0.5) is 18.9 Å². The van der Waals surface area contributed by atoms with E-state index in [2.05, 4.69) is 5.32 Å². The first-order chi connectivity index (χ1) is 9.73. The monoisotopic (exact) mass is 301 g/mol. The van der Waals surface area contributed by atoms with E-state index in [1.807, 2.05) is 6.92 Å². The fourth-order valence-electron chi connectivity index (χ4n) is 2.93. The van der Waals surface area contributed by atoms with Gasteiger partial charge in [-0.05, 0) is 43.0 Å². The van der Waals surface area contributed by atoms with Gasteiger partial charge in [0.05, 0.1) is 5.56 Å². The molecule has 21 heavy (non-hydrogen) atoms. The molecule has 1 aromatic rings. The molecular weight excluding hydrogens is 283 g/mol. The van der Waals surface area contributed by atoms with Crippen LogP contribution < -0.4 is 5.32 Å². The van der Waals surface area contributed by atoms with E-state index in [4.69, 9.17) is 0 Å². The highest BCUT2D eigenvalue weighted by Gasteiger charge is 2.42. The maximum absolute atomic E-state index is 12.5. The number of nitrogens with one attached hydrogen (secondary N) is 1. The summed E-state index contributed by atoms with van der Waals surface area (Å²) in [6, 6.07) is 4.49. The van der Waals surface area contributed by atoms with Crippen LogP contribution in [0.2, 0.25) is 0 Å². The van der Waals surface area contributed by atoms with Gasteiger partial charge in [0.25, 0.3) is 0 Å².